The van der Waals surface area contributed by atoms with Crippen LogP contribution in [0.3, 0.4) is 0 Å². The van der Waals surface area contributed by atoms with Crippen molar-refractivity contribution in [3.8, 4) is 0 Å². The Morgan fingerprint density at radius 2 is 1.84 bits per heavy atom. The average molecular weight is 271 g/mol. The second-order valence-electron chi connectivity index (χ2n) is 5.84. The number of ether oxygens (including phenoxy) is 2. The van der Waals surface area contributed by atoms with Gasteiger partial charge in [0.1, 0.15) is 0 Å². The maximum absolute atomic E-state index is 10.8. The summed E-state index contributed by atoms with van der Waals surface area (Å²) < 4.78 is 11.5. The Balaban J connectivity index is 3.05. The van der Waals surface area contributed by atoms with Gasteiger partial charge in [-0.1, -0.05) is 26.0 Å². The van der Waals surface area contributed by atoms with E-state index in [2.05, 4.69) is 13.8 Å². The molecule has 1 aliphatic rings. The van der Waals surface area contributed by atoms with Gasteiger partial charge >= 0.3 is 0 Å². The summed E-state index contributed by atoms with van der Waals surface area (Å²) in [7, 11) is 0. The molecule has 4 heteroatoms. The van der Waals surface area contributed by atoms with E-state index in [1.54, 1.807) is 0 Å². The lowest BCUT2D eigenvalue weighted by Crippen LogP contribution is -2.62. The second kappa shape index (κ2) is 6.84. The maximum atomic E-state index is 10.8. The standard InChI is InChI=1S/C15H29NO3/c1-6-14(4)12-18-10-8-9-11-19-13(3)15(5,7-2)16(14)17/h8-9,13,17H,6-7,10-12H2,1-5H3/b9-8-. The Kier molecular flexibility index (Phi) is 5.99. The monoisotopic (exact) mass is 271 g/mol. The molecule has 0 saturated heterocycles. The minimum Gasteiger partial charge on any atom is -0.375 e. The first-order chi connectivity index (χ1) is 8.90. The highest BCUT2D eigenvalue weighted by Gasteiger charge is 2.45. The summed E-state index contributed by atoms with van der Waals surface area (Å²) in [6.45, 7) is 11.9. The Morgan fingerprint density at radius 3 is 2.42 bits per heavy atom. The number of hydrogen-bond donors (Lipinski definition) is 1. The zero-order valence-corrected chi connectivity index (χ0v) is 13.0. The topological polar surface area (TPSA) is 41.9 Å². The molecule has 1 rings (SSSR count). The van der Waals surface area contributed by atoms with E-state index in [0.717, 1.165) is 12.8 Å². The van der Waals surface area contributed by atoms with Crippen molar-refractivity contribution in [1.29, 1.82) is 0 Å². The van der Waals surface area contributed by atoms with Gasteiger partial charge in [0.15, 0.2) is 0 Å². The van der Waals surface area contributed by atoms with Crippen molar-refractivity contribution in [2.75, 3.05) is 19.8 Å². The van der Waals surface area contributed by atoms with Crippen LogP contribution >= 0.6 is 0 Å². The van der Waals surface area contributed by atoms with E-state index in [1.807, 2.05) is 32.9 Å². The van der Waals surface area contributed by atoms with Crippen LogP contribution in [-0.2, 0) is 9.47 Å². The Bertz CT molecular complexity index is 308. The molecular formula is C15H29NO3. The first-order valence-corrected chi connectivity index (χ1v) is 7.24. The lowest BCUT2D eigenvalue weighted by molar-refractivity contribution is -0.269. The molecule has 1 aliphatic heterocycles. The third-order valence-electron chi connectivity index (χ3n) is 4.58. The van der Waals surface area contributed by atoms with Crippen LogP contribution in [0.4, 0.5) is 0 Å². The van der Waals surface area contributed by atoms with Crippen molar-refractivity contribution in [1.82, 2.24) is 5.06 Å². The summed E-state index contributed by atoms with van der Waals surface area (Å²) in [6, 6.07) is 0. The quantitative estimate of drug-likeness (QED) is 0.784. The Labute approximate surface area is 117 Å². The van der Waals surface area contributed by atoms with Crippen LogP contribution in [-0.4, -0.2) is 47.3 Å². The van der Waals surface area contributed by atoms with E-state index in [-0.39, 0.29) is 6.10 Å². The van der Waals surface area contributed by atoms with E-state index in [4.69, 9.17) is 9.47 Å². The lowest BCUT2D eigenvalue weighted by atomic mass is 9.86. The highest BCUT2D eigenvalue weighted by molar-refractivity contribution is 4.96. The SMILES string of the molecule is CCC1(C)COC/C=C\COC(C)C(C)(CC)N1O. The second-order valence-corrected chi connectivity index (χ2v) is 5.84. The molecular weight excluding hydrogens is 242 g/mol. The van der Waals surface area contributed by atoms with Crippen LogP contribution in [0.15, 0.2) is 12.2 Å². The van der Waals surface area contributed by atoms with E-state index in [1.165, 1.54) is 5.06 Å². The molecule has 1 heterocycles. The molecule has 0 aromatic carbocycles. The fraction of sp³-hybridized carbons (Fsp3) is 0.867. The summed E-state index contributed by atoms with van der Waals surface area (Å²) in [5.74, 6) is 0. The highest BCUT2D eigenvalue weighted by atomic mass is 16.5. The molecule has 19 heavy (non-hydrogen) atoms. The normalized spacial score (nSPS) is 40.6. The van der Waals surface area contributed by atoms with E-state index < -0.39 is 11.1 Å². The van der Waals surface area contributed by atoms with Crippen LogP contribution in [0.2, 0.25) is 0 Å². The van der Waals surface area contributed by atoms with Gasteiger partial charge in [0.2, 0.25) is 0 Å². The number of nitrogens with zero attached hydrogens (tertiary/aromatic N) is 1. The van der Waals surface area contributed by atoms with Gasteiger partial charge in [-0.15, -0.1) is 0 Å². The van der Waals surface area contributed by atoms with Gasteiger partial charge in [-0.3, -0.25) is 0 Å². The van der Waals surface area contributed by atoms with Gasteiger partial charge in [0.25, 0.3) is 0 Å². The fourth-order valence-electron chi connectivity index (χ4n) is 2.40. The van der Waals surface area contributed by atoms with Gasteiger partial charge in [-0.05, 0) is 33.6 Å². The molecule has 1 N–H and O–H groups in total. The molecule has 0 radical (unpaired) electrons. The Hall–Kier alpha value is -0.420. The molecule has 0 saturated carbocycles. The van der Waals surface area contributed by atoms with Gasteiger partial charge in [-0.2, -0.15) is 5.06 Å². The van der Waals surface area contributed by atoms with Gasteiger partial charge < -0.3 is 14.7 Å². The van der Waals surface area contributed by atoms with Crippen LogP contribution in [0, 0.1) is 0 Å². The molecule has 0 bridgehead atoms. The number of rotatable bonds is 2. The fourth-order valence-corrected chi connectivity index (χ4v) is 2.40. The summed E-state index contributed by atoms with van der Waals surface area (Å²) in [6.07, 6.45) is 5.51. The third-order valence-corrected chi connectivity index (χ3v) is 4.58. The van der Waals surface area contributed by atoms with Crippen LogP contribution in [0.1, 0.15) is 47.5 Å². The van der Waals surface area contributed by atoms with Crippen molar-refractivity contribution in [2.24, 2.45) is 0 Å². The van der Waals surface area contributed by atoms with Crippen molar-refractivity contribution in [2.45, 2.75) is 64.6 Å². The molecule has 0 aromatic heterocycles. The number of hydrogen-bond acceptors (Lipinski definition) is 4. The third kappa shape index (κ3) is 3.57. The first kappa shape index (κ1) is 16.6. The van der Waals surface area contributed by atoms with Crippen molar-refractivity contribution in [3.05, 3.63) is 12.2 Å². The van der Waals surface area contributed by atoms with Crippen LogP contribution in [0.25, 0.3) is 0 Å². The van der Waals surface area contributed by atoms with Gasteiger partial charge in [-0.25, -0.2) is 0 Å². The molecule has 0 aliphatic carbocycles. The van der Waals surface area contributed by atoms with E-state index in [0.29, 0.717) is 19.8 Å². The molecule has 3 unspecified atom stereocenters. The first-order valence-electron chi connectivity index (χ1n) is 7.24. The Morgan fingerprint density at radius 1 is 1.21 bits per heavy atom. The van der Waals surface area contributed by atoms with Gasteiger partial charge in [0, 0.05) is 0 Å². The van der Waals surface area contributed by atoms with Crippen molar-refractivity contribution < 1.29 is 14.7 Å². The largest absolute Gasteiger partial charge is 0.375 e. The van der Waals surface area contributed by atoms with Crippen molar-refractivity contribution >= 4 is 0 Å². The maximum Gasteiger partial charge on any atom is 0.0755 e. The van der Waals surface area contributed by atoms with Gasteiger partial charge in [0.05, 0.1) is 37.0 Å². The molecule has 0 aromatic rings. The zero-order chi connectivity index (χ0) is 14.5. The molecule has 0 fully saturated rings. The lowest BCUT2D eigenvalue weighted by Gasteiger charge is -2.49. The van der Waals surface area contributed by atoms with E-state index >= 15 is 0 Å². The molecule has 4 nitrogen and oxygen atoms in total. The molecule has 0 spiro atoms. The summed E-state index contributed by atoms with van der Waals surface area (Å²) >= 11 is 0. The van der Waals surface area contributed by atoms with Crippen LogP contribution in [0.5, 0.6) is 0 Å². The highest BCUT2D eigenvalue weighted by Crippen LogP contribution is 2.33. The summed E-state index contributed by atoms with van der Waals surface area (Å²) in [5, 5.41) is 12.3. The molecule has 3 atom stereocenters. The minimum atomic E-state index is -0.424. The zero-order valence-electron chi connectivity index (χ0n) is 13.0. The minimum absolute atomic E-state index is 0.0591. The summed E-state index contributed by atoms with van der Waals surface area (Å²) in [5.41, 5.74) is -0.827. The average Bonchev–Trinajstić information content (AvgIpc) is 2.44. The molecule has 0 amide bonds. The molecule has 112 valence electrons. The van der Waals surface area contributed by atoms with Crippen molar-refractivity contribution in [3.63, 3.8) is 0 Å². The smallest absolute Gasteiger partial charge is 0.0755 e. The predicted molar refractivity (Wildman–Crippen MR) is 76.4 cm³/mol. The van der Waals surface area contributed by atoms with E-state index in [9.17, 15) is 5.21 Å². The summed E-state index contributed by atoms with van der Waals surface area (Å²) in [4.78, 5) is 0. The van der Waals surface area contributed by atoms with Crippen LogP contribution < -0.4 is 0 Å². The number of hydroxylamine groups is 2. The predicted octanol–water partition coefficient (Wildman–Crippen LogP) is 3.01.